The maximum absolute atomic E-state index is 12.8. The van der Waals surface area contributed by atoms with E-state index in [4.69, 9.17) is 0 Å². The van der Waals surface area contributed by atoms with Crippen molar-refractivity contribution in [3.8, 4) is 0 Å². The molecular formula is C16H22N4O3S3. The molecule has 0 aliphatic heterocycles. The topological polar surface area (TPSA) is 92.3 Å². The Morgan fingerprint density at radius 2 is 2.04 bits per heavy atom. The zero-order valence-corrected chi connectivity index (χ0v) is 17.5. The summed E-state index contributed by atoms with van der Waals surface area (Å²) in [6, 6.07) is 4.93. The lowest BCUT2D eigenvalue weighted by atomic mass is 10.2. The number of aromatic nitrogens is 2. The van der Waals surface area contributed by atoms with Gasteiger partial charge in [0.15, 0.2) is 4.34 Å². The van der Waals surface area contributed by atoms with Crippen molar-refractivity contribution >= 4 is 44.7 Å². The largest absolute Gasteiger partial charge is 0.325 e. The van der Waals surface area contributed by atoms with Crippen molar-refractivity contribution in [1.82, 2.24) is 14.5 Å². The first-order chi connectivity index (χ1) is 12.3. The van der Waals surface area contributed by atoms with E-state index in [1.807, 2.05) is 0 Å². The van der Waals surface area contributed by atoms with Crippen LogP contribution in [0.1, 0.15) is 26.3 Å². The fourth-order valence-corrected chi connectivity index (χ4v) is 5.66. The maximum atomic E-state index is 12.8. The number of hydrogen-bond donors (Lipinski definition) is 1. The summed E-state index contributed by atoms with van der Waals surface area (Å²) >= 11 is 2.68. The molecule has 1 aromatic carbocycles. The van der Waals surface area contributed by atoms with Crippen LogP contribution in [-0.2, 0) is 14.8 Å². The van der Waals surface area contributed by atoms with E-state index in [2.05, 4.69) is 15.5 Å². The normalized spacial score (nSPS) is 13.0. The van der Waals surface area contributed by atoms with E-state index >= 15 is 0 Å². The Morgan fingerprint density at radius 3 is 2.62 bits per heavy atom. The summed E-state index contributed by atoms with van der Waals surface area (Å²) in [4.78, 5) is 12.6. The van der Waals surface area contributed by atoms with Gasteiger partial charge in [-0.05, 0) is 31.5 Å². The number of thioether (sulfide) groups is 1. The van der Waals surface area contributed by atoms with Crippen molar-refractivity contribution in [2.45, 2.75) is 42.2 Å². The Morgan fingerprint density at radius 1 is 1.35 bits per heavy atom. The molecule has 1 heterocycles. The Kier molecular flexibility index (Phi) is 7.16. The molecule has 1 N–H and O–H groups in total. The molecule has 10 heteroatoms. The standard InChI is InChI=1S/C16H22N4O3S3/c1-5-20(6-2)26(22,23)14-9-13(8-7-11(14)3)18-15(21)12(4)25-16-19-17-10-24-16/h7-10,12H,5-6H2,1-4H3,(H,18,21)/t12-/m0/s1. The highest BCUT2D eigenvalue weighted by Crippen LogP contribution is 2.27. The summed E-state index contributed by atoms with van der Waals surface area (Å²) < 4.78 is 27.7. The minimum Gasteiger partial charge on any atom is -0.325 e. The van der Waals surface area contributed by atoms with Gasteiger partial charge in [0.1, 0.15) is 5.51 Å². The highest BCUT2D eigenvalue weighted by molar-refractivity contribution is 8.02. The molecule has 1 amide bonds. The first-order valence-corrected chi connectivity index (χ1v) is 11.3. The van der Waals surface area contributed by atoms with Crippen LogP contribution >= 0.6 is 23.1 Å². The molecule has 0 saturated heterocycles. The van der Waals surface area contributed by atoms with E-state index in [1.165, 1.54) is 33.5 Å². The second-order valence-corrected chi connectivity index (χ2v) is 9.85. The number of nitrogens with zero attached hydrogens (tertiary/aromatic N) is 3. The van der Waals surface area contributed by atoms with Crippen LogP contribution in [-0.4, -0.2) is 47.2 Å². The number of anilines is 1. The van der Waals surface area contributed by atoms with Gasteiger partial charge in [-0.25, -0.2) is 8.42 Å². The molecular weight excluding hydrogens is 392 g/mol. The van der Waals surface area contributed by atoms with Crippen LogP contribution in [0.25, 0.3) is 0 Å². The van der Waals surface area contributed by atoms with E-state index in [-0.39, 0.29) is 16.1 Å². The van der Waals surface area contributed by atoms with Crippen LogP contribution in [0.2, 0.25) is 0 Å². The van der Waals surface area contributed by atoms with Crippen LogP contribution in [0.3, 0.4) is 0 Å². The second kappa shape index (κ2) is 8.94. The Hall–Kier alpha value is -1.49. The third-order valence-electron chi connectivity index (χ3n) is 3.77. The maximum Gasteiger partial charge on any atom is 0.243 e. The minimum atomic E-state index is -3.59. The van der Waals surface area contributed by atoms with Crippen LogP contribution in [0, 0.1) is 6.92 Å². The molecule has 26 heavy (non-hydrogen) atoms. The number of hydrogen-bond acceptors (Lipinski definition) is 7. The molecule has 0 aliphatic carbocycles. The van der Waals surface area contributed by atoms with Crippen molar-refractivity contribution in [3.05, 3.63) is 29.3 Å². The van der Waals surface area contributed by atoms with Crippen molar-refractivity contribution in [2.24, 2.45) is 0 Å². The Balaban J connectivity index is 2.20. The number of rotatable bonds is 8. The van der Waals surface area contributed by atoms with Gasteiger partial charge in [-0.3, -0.25) is 4.79 Å². The molecule has 0 aliphatic rings. The van der Waals surface area contributed by atoms with Gasteiger partial charge in [-0.1, -0.05) is 43.0 Å². The smallest absolute Gasteiger partial charge is 0.243 e. The number of amides is 1. The molecule has 1 aromatic heterocycles. The molecule has 2 aromatic rings. The fraction of sp³-hybridized carbons (Fsp3) is 0.438. The van der Waals surface area contributed by atoms with Gasteiger partial charge in [0.05, 0.1) is 10.1 Å². The predicted octanol–water partition coefficient (Wildman–Crippen LogP) is 3.00. The van der Waals surface area contributed by atoms with Crippen LogP contribution < -0.4 is 5.32 Å². The van der Waals surface area contributed by atoms with Crippen LogP contribution in [0.5, 0.6) is 0 Å². The molecule has 7 nitrogen and oxygen atoms in total. The summed E-state index contributed by atoms with van der Waals surface area (Å²) in [5.74, 6) is -0.222. The third kappa shape index (κ3) is 4.81. The third-order valence-corrected chi connectivity index (χ3v) is 7.87. The molecule has 2 rings (SSSR count). The van der Waals surface area contributed by atoms with Crippen molar-refractivity contribution < 1.29 is 13.2 Å². The van der Waals surface area contributed by atoms with Crippen molar-refractivity contribution in [3.63, 3.8) is 0 Å². The summed E-state index contributed by atoms with van der Waals surface area (Å²) in [6.07, 6.45) is 0. The minimum absolute atomic E-state index is 0.212. The Labute approximate surface area is 162 Å². The number of aryl methyl sites for hydroxylation is 1. The quantitative estimate of drug-likeness (QED) is 0.668. The monoisotopic (exact) mass is 414 g/mol. The average Bonchev–Trinajstić information content (AvgIpc) is 3.10. The highest BCUT2D eigenvalue weighted by atomic mass is 32.2. The molecule has 0 radical (unpaired) electrons. The lowest BCUT2D eigenvalue weighted by Gasteiger charge is -2.20. The van der Waals surface area contributed by atoms with E-state index < -0.39 is 10.0 Å². The molecule has 142 valence electrons. The molecule has 0 bridgehead atoms. The number of sulfonamides is 1. The summed E-state index contributed by atoms with van der Waals surface area (Å²) in [5, 5.41) is 10.1. The van der Waals surface area contributed by atoms with Gasteiger partial charge in [0.2, 0.25) is 15.9 Å². The molecule has 0 spiro atoms. The van der Waals surface area contributed by atoms with Gasteiger partial charge in [0.25, 0.3) is 0 Å². The van der Waals surface area contributed by atoms with Crippen LogP contribution in [0.15, 0.2) is 32.9 Å². The summed E-state index contributed by atoms with van der Waals surface area (Å²) in [5.41, 5.74) is 2.71. The number of carbonyl (C=O) groups is 1. The fourth-order valence-electron chi connectivity index (χ4n) is 2.32. The van der Waals surface area contributed by atoms with Crippen LogP contribution in [0.4, 0.5) is 5.69 Å². The number of benzene rings is 1. The lowest BCUT2D eigenvalue weighted by Crippen LogP contribution is -2.31. The number of nitrogens with one attached hydrogen (secondary N) is 1. The second-order valence-electron chi connectivity index (χ2n) is 5.52. The van der Waals surface area contributed by atoms with E-state index in [0.717, 1.165) is 0 Å². The SMILES string of the molecule is CCN(CC)S(=O)(=O)c1cc(NC(=O)[C@H](C)Sc2nncs2)ccc1C. The van der Waals surface area contributed by atoms with E-state index in [1.54, 1.807) is 45.3 Å². The zero-order chi connectivity index (χ0) is 19.3. The lowest BCUT2D eigenvalue weighted by molar-refractivity contribution is -0.115. The molecule has 0 unspecified atom stereocenters. The van der Waals surface area contributed by atoms with E-state index in [9.17, 15) is 13.2 Å². The summed E-state index contributed by atoms with van der Waals surface area (Å²) in [7, 11) is -3.59. The van der Waals surface area contributed by atoms with Gasteiger partial charge in [0, 0.05) is 18.8 Å². The zero-order valence-electron chi connectivity index (χ0n) is 15.1. The number of carbonyl (C=O) groups excluding carboxylic acids is 1. The first-order valence-electron chi connectivity index (χ1n) is 8.14. The molecule has 0 fully saturated rings. The Bertz CT molecular complexity index is 850. The molecule has 1 atom stereocenters. The van der Waals surface area contributed by atoms with Crippen molar-refractivity contribution in [2.75, 3.05) is 18.4 Å². The van der Waals surface area contributed by atoms with Gasteiger partial charge >= 0.3 is 0 Å². The first kappa shape index (κ1) is 20.8. The summed E-state index contributed by atoms with van der Waals surface area (Å²) in [6.45, 7) is 7.90. The average molecular weight is 415 g/mol. The van der Waals surface area contributed by atoms with Gasteiger partial charge in [-0.15, -0.1) is 10.2 Å². The highest BCUT2D eigenvalue weighted by Gasteiger charge is 2.24. The predicted molar refractivity (Wildman–Crippen MR) is 105 cm³/mol. The van der Waals surface area contributed by atoms with Crippen molar-refractivity contribution in [1.29, 1.82) is 0 Å². The molecule has 0 saturated carbocycles. The van der Waals surface area contributed by atoms with Gasteiger partial charge in [-0.2, -0.15) is 4.31 Å². The van der Waals surface area contributed by atoms with Gasteiger partial charge < -0.3 is 5.32 Å². The van der Waals surface area contributed by atoms with E-state index in [0.29, 0.717) is 28.7 Å².